The van der Waals surface area contributed by atoms with Gasteiger partial charge in [0.1, 0.15) is 13.8 Å². The average molecular weight is 284 g/mol. The number of hydrogen-bond donors (Lipinski definition) is 0. The maximum atomic E-state index is 8.94. The van der Waals surface area contributed by atoms with Gasteiger partial charge in [-0.1, -0.05) is 47.5 Å². The highest BCUT2D eigenvalue weighted by molar-refractivity contribution is 6.90. The summed E-state index contributed by atoms with van der Waals surface area (Å²) in [4.78, 5) is 4.27. The van der Waals surface area contributed by atoms with Crippen molar-refractivity contribution in [2.75, 3.05) is 0 Å². The molecule has 0 saturated carbocycles. The van der Waals surface area contributed by atoms with Gasteiger partial charge in [-0.3, -0.25) is 0 Å². The van der Waals surface area contributed by atoms with Gasteiger partial charge in [0.2, 0.25) is 0 Å². The second-order valence-electron chi connectivity index (χ2n) is 6.19. The molecule has 0 aliphatic heterocycles. The molecule has 1 rings (SSSR count). The molecule has 1 aromatic heterocycles. The molecule has 0 N–H and O–H groups in total. The van der Waals surface area contributed by atoms with Crippen molar-refractivity contribution in [1.82, 2.24) is 4.98 Å². The van der Waals surface area contributed by atoms with Crippen LogP contribution < -0.4 is 0 Å². The summed E-state index contributed by atoms with van der Waals surface area (Å²) in [7, 11) is -1.72. The molecule has 20 heavy (non-hydrogen) atoms. The first kappa shape index (κ1) is 16.5. The van der Waals surface area contributed by atoms with Crippen molar-refractivity contribution < 1.29 is 0 Å². The lowest BCUT2D eigenvalue weighted by Gasteiger charge is -2.38. The topological polar surface area (TPSA) is 36.7 Å². The van der Waals surface area contributed by atoms with E-state index in [2.05, 4.69) is 64.1 Å². The normalized spacial score (nSPS) is 11.4. The Hall–Kier alpha value is -1.58. The molecule has 0 amide bonds. The summed E-state index contributed by atoms with van der Waals surface area (Å²) in [6.45, 7) is 13.8. The molecule has 0 atom stereocenters. The Morgan fingerprint density at radius 2 is 1.60 bits per heavy atom. The Morgan fingerprint density at radius 3 is 2.05 bits per heavy atom. The van der Waals surface area contributed by atoms with E-state index in [0.717, 1.165) is 0 Å². The molecule has 0 unspecified atom stereocenters. The van der Waals surface area contributed by atoms with E-state index in [9.17, 15) is 0 Å². The van der Waals surface area contributed by atoms with Crippen LogP contribution in [-0.4, -0.2) is 13.1 Å². The van der Waals surface area contributed by atoms with Crippen molar-refractivity contribution in [2.45, 2.75) is 58.2 Å². The molecule has 0 saturated heterocycles. The van der Waals surface area contributed by atoms with Gasteiger partial charge in [-0.15, -0.1) is 5.54 Å². The molecule has 2 nitrogen and oxygen atoms in total. The first-order valence-electron chi connectivity index (χ1n) is 7.23. The third-order valence-electron chi connectivity index (χ3n) is 4.16. The van der Waals surface area contributed by atoms with E-state index in [1.54, 1.807) is 18.3 Å². The molecule has 1 aromatic rings. The quantitative estimate of drug-likeness (QED) is 0.604. The maximum absolute atomic E-state index is 8.94. The molecule has 0 aliphatic carbocycles. The summed E-state index contributed by atoms with van der Waals surface area (Å²) in [5.41, 5.74) is 6.76. The number of rotatable bonds is 3. The summed E-state index contributed by atoms with van der Waals surface area (Å²) >= 11 is 0. The van der Waals surface area contributed by atoms with E-state index >= 15 is 0 Å². The van der Waals surface area contributed by atoms with E-state index in [1.807, 2.05) is 0 Å². The minimum Gasteiger partial charge on any atom is -0.248 e. The Labute approximate surface area is 124 Å². The molecule has 106 valence electrons. The summed E-state index contributed by atoms with van der Waals surface area (Å²) in [6.07, 6.45) is 1.66. The molecule has 0 aliphatic rings. The number of pyridine rings is 1. The second kappa shape index (κ2) is 6.73. The highest BCUT2D eigenvalue weighted by Gasteiger charge is 2.41. The van der Waals surface area contributed by atoms with Crippen LogP contribution in [0.2, 0.25) is 16.6 Å². The van der Waals surface area contributed by atoms with Gasteiger partial charge < -0.3 is 0 Å². The molecular formula is C17H24N2Si. The number of aromatic nitrogens is 1. The fraction of sp³-hybridized carbons (Fsp3) is 0.529. The van der Waals surface area contributed by atoms with E-state index < -0.39 is 8.07 Å². The van der Waals surface area contributed by atoms with E-state index in [-0.39, 0.29) is 0 Å². The molecule has 3 heteroatoms. The van der Waals surface area contributed by atoms with Crippen molar-refractivity contribution in [3.8, 4) is 17.5 Å². The zero-order chi connectivity index (χ0) is 15.3. The number of hydrogen-bond acceptors (Lipinski definition) is 2. The summed E-state index contributed by atoms with van der Waals surface area (Å²) in [6, 6.07) is 5.62. The van der Waals surface area contributed by atoms with Gasteiger partial charge in [0.05, 0.1) is 11.6 Å². The summed E-state index contributed by atoms with van der Waals surface area (Å²) in [5, 5.41) is 8.94. The second-order valence-corrected chi connectivity index (χ2v) is 11.8. The van der Waals surface area contributed by atoms with Crippen LogP contribution in [0.15, 0.2) is 18.3 Å². The van der Waals surface area contributed by atoms with Gasteiger partial charge in [0.25, 0.3) is 0 Å². The molecule has 0 bridgehead atoms. The van der Waals surface area contributed by atoms with Crippen molar-refractivity contribution in [3.05, 3.63) is 29.6 Å². The van der Waals surface area contributed by atoms with Gasteiger partial charge in [-0.25, -0.2) is 4.98 Å². The lowest BCUT2D eigenvalue weighted by molar-refractivity contribution is 0.838. The van der Waals surface area contributed by atoms with Gasteiger partial charge in [-0.2, -0.15) is 5.26 Å². The Kier molecular flexibility index (Phi) is 5.54. The van der Waals surface area contributed by atoms with Crippen molar-refractivity contribution in [2.24, 2.45) is 0 Å². The molecule has 0 radical (unpaired) electrons. The lowest BCUT2D eigenvalue weighted by Crippen LogP contribution is -2.43. The predicted octanol–water partition coefficient (Wildman–Crippen LogP) is 4.52. The molecule has 0 spiro atoms. The lowest BCUT2D eigenvalue weighted by atomic mass is 10.2. The predicted molar refractivity (Wildman–Crippen MR) is 86.9 cm³/mol. The van der Waals surface area contributed by atoms with E-state index in [4.69, 9.17) is 5.26 Å². The van der Waals surface area contributed by atoms with Crippen LogP contribution in [0.1, 0.15) is 52.8 Å². The van der Waals surface area contributed by atoms with Crippen molar-refractivity contribution in [1.29, 1.82) is 5.26 Å². The van der Waals surface area contributed by atoms with E-state index in [1.165, 1.54) is 0 Å². The highest BCUT2D eigenvalue weighted by Crippen LogP contribution is 2.40. The van der Waals surface area contributed by atoms with Crippen molar-refractivity contribution in [3.63, 3.8) is 0 Å². The molecular weight excluding hydrogens is 260 g/mol. The maximum Gasteiger partial charge on any atom is 0.146 e. The highest BCUT2D eigenvalue weighted by atomic mass is 28.3. The SMILES string of the molecule is CC(C)[Si](C#Cc1cc(C#N)ccn1)(C(C)C)C(C)C. The fourth-order valence-electron chi connectivity index (χ4n) is 3.17. The van der Waals surface area contributed by atoms with Crippen LogP contribution >= 0.6 is 0 Å². The van der Waals surface area contributed by atoms with Crippen LogP contribution in [0.3, 0.4) is 0 Å². The average Bonchev–Trinajstić information content (AvgIpc) is 2.38. The van der Waals surface area contributed by atoms with E-state index in [0.29, 0.717) is 27.9 Å². The standard InChI is InChI=1S/C17H24N2Si/c1-13(2)20(14(3)4,15(5)6)10-8-17-11-16(12-18)7-9-19-17/h7,9,11,13-15H,1-6H3. The number of nitrogens with zero attached hydrogens (tertiary/aromatic N) is 2. The first-order valence-corrected chi connectivity index (χ1v) is 9.47. The van der Waals surface area contributed by atoms with Crippen LogP contribution in [0.5, 0.6) is 0 Å². The van der Waals surface area contributed by atoms with Crippen LogP contribution in [0.25, 0.3) is 0 Å². The Morgan fingerprint density at radius 1 is 1.05 bits per heavy atom. The van der Waals surface area contributed by atoms with Gasteiger partial charge >= 0.3 is 0 Å². The van der Waals surface area contributed by atoms with Crippen molar-refractivity contribution >= 4 is 8.07 Å². The zero-order valence-corrected chi connectivity index (χ0v) is 14.4. The molecule has 1 heterocycles. The monoisotopic (exact) mass is 284 g/mol. The first-order chi connectivity index (χ1) is 9.34. The minimum absolute atomic E-state index is 0.606. The molecule has 0 aromatic carbocycles. The third-order valence-corrected chi connectivity index (χ3v) is 10.5. The molecule has 0 fully saturated rings. The van der Waals surface area contributed by atoms with Gasteiger partial charge in [0.15, 0.2) is 0 Å². The Bertz CT molecular complexity index is 535. The third kappa shape index (κ3) is 3.29. The summed E-state index contributed by atoms with van der Waals surface area (Å²) in [5.74, 6) is 3.25. The van der Waals surface area contributed by atoms with Crippen LogP contribution in [0.4, 0.5) is 0 Å². The largest absolute Gasteiger partial charge is 0.248 e. The van der Waals surface area contributed by atoms with Gasteiger partial charge in [-0.05, 0) is 28.8 Å². The van der Waals surface area contributed by atoms with Crippen LogP contribution in [-0.2, 0) is 0 Å². The Balaban J connectivity index is 3.27. The zero-order valence-electron chi connectivity index (χ0n) is 13.4. The fourth-order valence-corrected chi connectivity index (χ4v) is 8.38. The van der Waals surface area contributed by atoms with Gasteiger partial charge in [0, 0.05) is 6.20 Å². The smallest absolute Gasteiger partial charge is 0.146 e. The minimum atomic E-state index is -1.72. The summed E-state index contributed by atoms with van der Waals surface area (Å²) < 4.78 is 0. The van der Waals surface area contributed by atoms with Crippen LogP contribution in [0, 0.1) is 22.8 Å². The number of nitriles is 1.